The van der Waals surface area contributed by atoms with Gasteiger partial charge in [0.15, 0.2) is 0 Å². The molecule has 6 nitrogen and oxygen atoms in total. The zero-order valence-electron chi connectivity index (χ0n) is 11.5. The van der Waals surface area contributed by atoms with Crippen LogP contribution in [0.15, 0.2) is 24.3 Å². The smallest absolute Gasteiger partial charge is 0.239 e. The molecule has 20 heavy (non-hydrogen) atoms. The molecule has 1 aliphatic heterocycles. The number of piperidine rings is 1. The maximum Gasteiger partial charge on any atom is 0.239 e. The first-order valence-corrected chi connectivity index (χ1v) is 6.83. The highest BCUT2D eigenvalue weighted by Gasteiger charge is 2.22. The Morgan fingerprint density at radius 2 is 2.20 bits per heavy atom. The Morgan fingerprint density at radius 3 is 3.00 bits per heavy atom. The number of methoxy groups -OCH3 is 1. The molecule has 2 aromatic rings. The van der Waals surface area contributed by atoms with E-state index >= 15 is 0 Å². The molecule has 0 aliphatic carbocycles. The molecule has 1 aliphatic rings. The van der Waals surface area contributed by atoms with Crippen molar-refractivity contribution >= 4 is 22.7 Å². The second kappa shape index (κ2) is 5.60. The largest absolute Gasteiger partial charge is 0.380 e. The van der Waals surface area contributed by atoms with Crippen molar-refractivity contribution in [2.24, 2.45) is 5.84 Å². The minimum Gasteiger partial charge on any atom is -0.380 e. The van der Waals surface area contributed by atoms with Gasteiger partial charge in [0.1, 0.15) is 5.82 Å². The Labute approximate surface area is 117 Å². The number of anilines is 2. The van der Waals surface area contributed by atoms with Gasteiger partial charge in [-0.1, -0.05) is 12.1 Å². The number of rotatable bonds is 3. The van der Waals surface area contributed by atoms with Crippen LogP contribution >= 0.6 is 0 Å². The molecule has 0 spiro atoms. The zero-order valence-corrected chi connectivity index (χ0v) is 11.5. The van der Waals surface area contributed by atoms with Gasteiger partial charge in [-0.15, -0.1) is 0 Å². The van der Waals surface area contributed by atoms with Crippen molar-refractivity contribution in [1.29, 1.82) is 0 Å². The highest BCUT2D eigenvalue weighted by Crippen LogP contribution is 2.27. The zero-order chi connectivity index (χ0) is 13.9. The number of hydrazine groups is 1. The van der Waals surface area contributed by atoms with Gasteiger partial charge in [0.2, 0.25) is 5.95 Å². The Balaban J connectivity index is 2.04. The predicted molar refractivity (Wildman–Crippen MR) is 79.6 cm³/mol. The van der Waals surface area contributed by atoms with Gasteiger partial charge in [0.05, 0.1) is 11.6 Å². The van der Waals surface area contributed by atoms with E-state index in [4.69, 9.17) is 10.6 Å². The summed E-state index contributed by atoms with van der Waals surface area (Å²) in [7, 11) is 1.76. The molecule has 0 radical (unpaired) electrons. The number of benzene rings is 1. The average molecular weight is 273 g/mol. The predicted octanol–water partition coefficient (Wildman–Crippen LogP) is 1.53. The molecule has 2 heterocycles. The van der Waals surface area contributed by atoms with Crippen molar-refractivity contribution in [1.82, 2.24) is 9.97 Å². The van der Waals surface area contributed by atoms with Gasteiger partial charge in [-0.2, -0.15) is 4.98 Å². The molecule has 1 fully saturated rings. The number of ether oxygens (including phenoxy) is 1. The van der Waals surface area contributed by atoms with E-state index in [1.54, 1.807) is 7.11 Å². The number of nitrogens with zero attached hydrogens (tertiary/aromatic N) is 3. The van der Waals surface area contributed by atoms with Crippen LogP contribution in [0.3, 0.4) is 0 Å². The van der Waals surface area contributed by atoms with Gasteiger partial charge in [-0.05, 0) is 25.0 Å². The van der Waals surface area contributed by atoms with Gasteiger partial charge in [0.25, 0.3) is 0 Å². The van der Waals surface area contributed by atoms with E-state index in [1.807, 2.05) is 24.3 Å². The first-order valence-electron chi connectivity index (χ1n) is 6.83. The van der Waals surface area contributed by atoms with Crippen molar-refractivity contribution < 1.29 is 4.74 Å². The summed E-state index contributed by atoms with van der Waals surface area (Å²) < 4.78 is 5.49. The number of fused-ring (bicyclic) bond motifs is 1. The van der Waals surface area contributed by atoms with Crippen molar-refractivity contribution in [3.05, 3.63) is 24.3 Å². The van der Waals surface area contributed by atoms with E-state index in [0.717, 1.165) is 42.7 Å². The Morgan fingerprint density at radius 1 is 1.35 bits per heavy atom. The highest BCUT2D eigenvalue weighted by molar-refractivity contribution is 5.90. The number of aromatic nitrogens is 2. The Hall–Kier alpha value is -1.92. The van der Waals surface area contributed by atoms with Crippen LogP contribution in [0.5, 0.6) is 0 Å². The van der Waals surface area contributed by atoms with E-state index in [9.17, 15) is 0 Å². The van der Waals surface area contributed by atoms with Gasteiger partial charge in [0, 0.05) is 25.6 Å². The van der Waals surface area contributed by atoms with E-state index in [0.29, 0.717) is 5.95 Å². The lowest BCUT2D eigenvalue weighted by Crippen LogP contribution is -2.40. The molecule has 1 unspecified atom stereocenters. The molecule has 1 saturated heterocycles. The molecule has 0 amide bonds. The lowest BCUT2D eigenvalue weighted by atomic mass is 10.1. The molecule has 3 rings (SSSR count). The van der Waals surface area contributed by atoms with Gasteiger partial charge < -0.3 is 9.64 Å². The summed E-state index contributed by atoms with van der Waals surface area (Å²) in [6.45, 7) is 1.83. The van der Waals surface area contributed by atoms with Gasteiger partial charge >= 0.3 is 0 Å². The third kappa shape index (κ3) is 2.39. The Kier molecular flexibility index (Phi) is 3.66. The molecule has 0 bridgehead atoms. The Bertz CT molecular complexity index is 603. The van der Waals surface area contributed by atoms with Crippen LogP contribution < -0.4 is 16.2 Å². The average Bonchev–Trinajstić information content (AvgIpc) is 2.53. The number of nitrogen functional groups attached to an aromatic ring is 1. The molecular formula is C14H19N5O. The summed E-state index contributed by atoms with van der Waals surface area (Å²) >= 11 is 0. The number of hydrogen-bond acceptors (Lipinski definition) is 6. The fourth-order valence-corrected chi connectivity index (χ4v) is 2.69. The maximum absolute atomic E-state index is 5.49. The molecule has 1 aromatic carbocycles. The molecule has 1 aromatic heterocycles. The SMILES string of the molecule is COC1CCCN(c2nc(NN)nc3ccccc23)C1. The van der Waals surface area contributed by atoms with Crippen LogP contribution in [0.4, 0.5) is 11.8 Å². The third-order valence-corrected chi connectivity index (χ3v) is 3.72. The minimum absolute atomic E-state index is 0.256. The first kappa shape index (κ1) is 13.1. The lowest BCUT2D eigenvalue weighted by Gasteiger charge is -2.33. The molecule has 106 valence electrons. The monoisotopic (exact) mass is 273 g/mol. The van der Waals surface area contributed by atoms with Crippen LogP contribution in [0.2, 0.25) is 0 Å². The van der Waals surface area contributed by atoms with Crippen molar-refractivity contribution in [3.63, 3.8) is 0 Å². The third-order valence-electron chi connectivity index (χ3n) is 3.72. The van der Waals surface area contributed by atoms with E-state index in [-0.39, 0.29) is 6.10 Å². The highest BCUT2D eigenvalue weighted by atomic mass is 16.5. The van der Waals surface area contributed by atoms with E-state index < -0.39 is 0 Å². The first-order chi connectivity index (χ1) is 9.81. The summed E-state index contributed by atoms with van der Waals surface area (Å²) in [5.41, 5.74) is 3.44. The quantitative estimate of drug-likeness (QED) is 0.652. The summed E-state index contributed by atoms with van der Waals surface area (Å²) in [4.78, 5) is 11.2. The molecular weight excluding hydrogens is 254 g/mol. The summed E-state index contributed by atoms with van der Waals surface area (Å²) in [6, 6.07) is 7.98. The molecule has 1 atom stereocenters. The summed E-state index contributed by atoms with van der Waals surface area (Å²) in [6.07, 6.45) is 2.45. The van der Waals surface area contributed by atoms with Crippen LogP contribution in [-0.4, -0.2) is 36.3 Å². The topological polar surface area (TPSA) is 76.3 Å². The van der Waals surface area contributed by atoms with Crippen molar-refractivity contribution in [2.75, 3.05) is 30.5 Å². The van der Waals surface area contributed by atoms with Gasteiger partial charge in [-0.3, -0.25) is 5.43 Å². The maximum atomic E-state index is 5.49. The number of para-hydroxylation sites is 1. The van der Waals surface area contributed by atoms with Crippen molar-refractivity contribution in [3.8, 4) is 0 Å². The fraction of sp³-hybridized carbons (Fsp3) is 0.429. The van der Waals surface area contributed by atoms with E-state index in [2.05, 4.69) is 20.3 Å². The van der Waals surface area contributed by atoms with Crippen LogP contribution in [0.1, 0.15) is 12.8 Å². The number of hydrogen-bond donors (Lipinski definition) is 2. The van der Waals surface area contributed by atoms with Crippen molar-refractivity contribution in [2.45, 2.75) is 18.9 Å². The molecule has 3 N–H and O–H groups in total. The van der Waals surface area contributed by atoms with Crippen LogP contribution in [-0.2, 0) is 4.74 Å². The van der Waals surface area contributed by atoms with E-state index in [1.165, 1.54) is 0 Å². The molecule has 6 heteroatoms. The van der Waals surface area contributed by atoms with Crippen LogP contribution in [0.25, 0.3) is 10.9 Å². The normalized spacial score (nSPS) is 19.3. The lowest BCUT2D eigenvalue weighted by molar-refractivity contribution is 0.0892. The second-order valence-corrected chi connectivity index (χ2v) is 4.98. The standard InChI is InChI=1S/C14H19N5O/c1-20-10-5-4-8-19(9-10)13-11-6-2-3-7-12(11)16-14(17-13)18-15/h2-3,6-7,10H,4-5,8-9,15H2,1H3,(H,16,17,18). The molecule has 0 saturated carbocycles. The second-order valence-electron chi connectivity index (χ2n) is 4.98. The fourth-order valence-electron chi connectivity index (χ4n) is 2.69. The number of nitrogens with two attached hydrogens (primary N) is 1. The summed E-state index contributed by atoms with van der Waals surface area (Å²) in [5.74, 6) is 6.84. The number of nitrogens with one attached hydrogen (secondary N) is 1. The minimum atomic E-state index is 0.256. The summed E-state index contributed by atoms with van der Waals surface area (Å²) in [5, 5.41) is 1.04. The van der Waals surface area contributed by atoms with Gasteiger partial charge in [-0.25, -0.2) is 10.8 Å². The van der Waals surface area contributed by atoms with Crippen LogP contribution in [0, 0.1) is 0 Å².